The minimum atomic E-state index is -0.279. The maximum absolute atomic E-state index is 12.3. The van der Waals surface area contributed by atoms with Crippen LogP contribution in [0.15, 0.2) is 30.3 Å². The highest BCUT2D eigenvalue weighted by atomic mass is 16.5. The Morgan fingerprint density at radius 2 is 1.77 bits per heavy atom. The van der Waals surface area contributed by atoms with Gasteiger partial charge < -0.3 is 10.1 Å². The van der Waals surface area contributed by atoms with Crippen LogP contribution in [-0.4, -0.2) is 67.6 Å². The van der Waals surface area contributed by atoms with Crippen molar-refractivity contribution >= 4 is 11.9 Å². The van der Waals surface area contributed by atoms with Crippen LogP contribution in [0.5, 0.6) is 0 Å². The minimum absolute atomic E-state index is 0.0103. The summed E-state index contributed by atoms with van der Waals surface area (Å²) in [5, 5.41) is 2.99. The number of hydrogen-bond donors (Lipinski definition) is 1. The van der Waals surface area contributed by atoms with Gasteiger partial charge in [0.15, 0.2) is 0 Å². The molecule has 0 saturated carbocycles. The molecule has 0 aliphatic carbocycles. The zero-order chi connectivity index (χ0) is 18.8. The lowest BCUT2D eigenvalue weighted by atomic mass is 10.1. The zero-order valence-electron chi connectivity index (χ0n) is 15.9. The zero-order valence-corrected chi connectivity index (χ0v) is 15.9. The average Bonchev–Trinajstić information content (AvgIpc) is 2.64. The van der Waals surface area contributed by atoms with Crippen LogP contribution in [0.3, 0.4) is 0 Å². The van der Waals surface area contributed by atoms with E-state index in [1.54, 1.807) is 0 Å². The summed E-state index contributed by atoms with van der Waals surface area (Å²) in [5.74, 6) is -0.290. The summed E-state index contributed by atoms with van der Waals surface area (Å²) in [6.07, 6.45) is 1.94. The molecule has 1 aliphatic heterocycles. The molecule has 6 nitrogen and oxygen atoms in total. The van der Waals surface area contributed by atoms with Crippen LogP contribution < -0.4 is 5.32 Å². The molecular weight excluding hydrogens is 330 g/mol. The van der Waals surface area contributed by atoms with Crippen LogP contribution in [0.2, 0.25) is 0 Å². The molecule has 0 spiro atoms. The fourth-order valence-electron chi connectivity index (χ4n) is 3.28. The van der Waals surface area contributed by atoms with Crippen LogP contribution in [0.4, 0.5) is 0 Å². The molecule has 26 heavy (non-hydrogen) atoms. The number of amides is 1. The number of rotatable bonds is 9. The molecule has 1 N–H and O–H groups in total. The Labute approximate surface area is 156 Å². The monoisotopic (exact) mass is 361 g/mol. The Hall–Kier alpha value is -1.92. The lowest BCUT2D eigenvalue weighted by Gasteiger charge is -2.34. The highest BCUT2D eigenvalue weighted by Gasteiger charge is 2.21. The number of esters is 1. The van der Waals surface area contributed by atoms with Gasteiger partial charge in [0.2, 0.25) is 5.91 Å². The van der Waals surface area contributed by atoms with Crippen molar-refractivity contribution in [3.63, 3.8) is 0 Å². The van der Waals surface area contributed by atoms with Crippen LogP contribution in [-0.2, 0) is 20.9 Å². The number of piperazine rings is 1. The summed E-state index contributed by atoms with van der Waals surface area (Å²) < 4.78 is 4.71. The van der Waals surface area contributed by atoms with E-state index in [4.69, 9.17) is 4.74 Å². The van der Waals surface area contributed by atoms with E-state index in [0.717, 1.165) is 45.6 Å². The second-order valence-corrected chi connectivity index (χ2v) is 6.87. The van der Waals surface area contributed by atoms with E-state index in [9.17, 15) is 9.59 Å². The standard InChI is InChI=1S/C20H31N3O3/c1-3-7-18(14-20(25)26-2)21-19(24)16-23-12-10-22(11-13-23)15-17-8-5-4-6-9-17/h4-6,8-9,18H,3,7,10-16H2,1-2H3,(H,21,24)/t18-/m0/s1. The first-order chi connectivity index (χ1) is 12.6. The normalized spacial score (nSPS) is 16.8. The third-order valence-electron chi connectivity index (χ3n) is 4.72. The third-order valence-corrected chi connectivity index (χ3v) is 4.72. The number of nitrogens with zero attached hydrogens (tertiary/aromatic N) is 2. The third kappa shape index (κ3) is 7.14. The van der Waals surface area contributed by atoms with Gasteiger partial charge in [-0.2, -0.15) is 0 Å². The van der Waals surface area contributed by atoms with Crippen molar-refractivity contribution in [1.29, 1.82) is 0 Å². The Morgan fingerprint density at radius 3 is 2.38 bits per heavy atom. The van der Waals surface area contributed by atoms with Gasteiger partial charge in [0.25, 0.3) is 0 Å². The molecule has 6 heteroatoms. The number of carbonyl (C=O) groups is 2. The molecule has 0 radical (unpaired) electrons. The smallest absolute Gasteiger partial charge is 0.307 e. The SMILES string of the molecule is CCC[C@@H](CC(=O)OC)NC(=O)CN1CCN(Cc2ccccc2)CC1. The molecule has 1 fully saturated rings. The van der Waals surface area contributed by atoms with Gasteiger partial charge in [-0.3, -0.25) is 19.4 Å². The number of methoxy groups -OCH3 is 1. The molecule has 144 valence electrons. The van der Waals surface area contributed by atoms with Crippen molar-refractivity contribution in [2.24, 2.45) is 0 Å². The number of benzene rings is 1. The largest absolute Gasteiger partial charge is 0.469 e. The molecule has 1 aromatic carbocycles. The molecule has 1 aromatic rings. The summed E-state index contributed by atoms with van der Waals surface area (Å²) in [7, 11) is 1.38. The van der Waals surface area contributed by atoms with Crippen molar-refractivity contribution in [2.45, 2.75) is 38.8 Å². The van der Waals surface area contributed by atoms with Gasteiger partial charge in [-0.25, -0.2) is 0 Å². The van der Waals surface area contributed by atoms with E-state index >= 15 is 0 Å². The number of ether oxygens (including phenoxy) is 1. The lowest BCUT2D eigenvalue weighted by molar-refractivity contribution is -0.141. The summed E-state index contributed by atoms with van der Waals surface area (Å²) in [6, 6.07) is 10.3. The molecule has 0 bridgehead atoms. The number of carbonyl (C=O) groups excluding carboxylic acids is 2. The van der Waals surface area contributed by atoms with Gasteiger partial charge in [-0.15, -0.1) is 0 Å². The quantitative estimate of drug-likeness (QED) is 0.678. The first-order valence-electron chi connectivity index (χ1n) is 9.45. The molecule has 1 atom stereocenters. The Balaban J connectivity index is 1.72. The van der Waals surface area contributed by atoms with Crippen molar-refractivity contribution in [1.82, 2.24) is 15.1 Å². The maximum Gasteiger partial charge on any atom is 0.307 e. The predicted molar refractivity (Wildman–Crippen MR) is 102 cm³/mol. The molecule has 0 unspecified atom stereocenters. The van der Waals surface area contributed by atoms with E-state index in [1.165, 1.54) is 12.7 Å². The second kappa shape index (κ2) is 10.9. The van der Waals surface area contributed by atoms with Gasteiger partial charge in [0.05, 0.1) is 20.1 Å². The molecule has 0 aromatic heterocycles. The summed E-state index contributed by atoms with van der Waals surface area (Å²) in [5.41, 5.74) is 1.32. The predicted octanol–water partition coefficient (Wildman–Crippen LogP) is 1.65. The average molecular weight is 361 g/mol. The fourth-order valence-corrected chi connectivity index (χ4v) is 3.28. The van der Waals surface area contributed by atoms with Crippen molar-refractivity contribution in [3.05, 3.63) is 35.9 Å². The molecule has 1 aliphatic rings. The fraction of sp³-hybridized carbons (Fsp3) is 0.600. The van der Waals surface area contributed by atoms with Gasteiger partial charge in [-0.1, -0.05) is 43.7 Å². The molecule has 2 rings (SSSR count). The van der Waals surface area contributed by atoms with E-state index in [-0.39, 0.29) is 24.3 Å². The van der Waals surface area contributed by atoms with Crippen LogP contribution in [0.25, 0.3) is 0 Å². The lowest BCUT2D eigenvalue weighted by Crippen LogP contribution is -2.50. The molecule has 1 amide bonds. The minimum Gasteiger partial charge on any atom is -0.469 e. The number of nitrogens with one attached hydrogen (secondary N) is 1. The maximum atomic E-state index is 12.3. The molecular formula is C20H31N3O3. The Morgan fingerprint density at radius 1 is 1.12 bits per heavy atom. The summed E-state index contributed by atoms with van der Waals surface area (Å²) in [6.45, 7) is 7.08. The van der Waals surface area contributed by atoms with Gasteiger partial charge in [-0.05, 0) is 12.0 Å². The van der Waals surface area contributed by atoms with E-state index in [0.29, 0.717) is 6.54 Å². The van der Waals surface area contributed by atoms with Crippen LogP contribution in [0.1, 0.15) is 31.7 Å². The van der Waals surface area contributed by atoms with Gasteiger partial charge in [0.1, 0.15) is 0 Å². The second-order valence-electron chi connectivity index (χ2n) is 6.87. The van der Waals surface area contributed by atoms with Crippen molar-refractivity contribution in [3.8, 4) is 0 Å². The summed E-state index contributed by atoms with van der Waals surface area (Å²) >= 11 is 0. The first-order valence-corrected chi connectivity index (χ1v) is 9.45. The molecule has 1 saturated heterocycles. The molecule has 1 heterocycles. The van der Waals surface area contributed by atoms with Crippen LogP contribution >= 0.6 is 0 Å². The summed E-state index contributed by atoms with van der Waals surface area (Å²) in [4.78, 5) is 28.4. The van der Waals surface area contributed by atoms with E-state index < -0.39 is 0 Å². The highest BCUT2D eigenvalue weighted by molar-refractivity contribution is 5.79. The van der Waals surface area contributed by atoms with Gasteiger partial charge >= 0.3 is 5.97 Å². The van der Waals surface area contributed by atoms with Crippen LogP contribution in [0, 0.1) is 0 Å². The van der Waals surface area contributed by atoms with Crippen molar-refractivity contribution < 1.29 is 14.3 Å². The van der Waals surface area contributed by atoms with Gasteiger partial charge in [0, 0.05) is 38.8 Å². The van der Waals surface area contributed by atoms with E-state index in [1.807, 2.05) is 13.0 Å². The highest BCUT2D eigenvalue weighted by Crippen LogP contribution is 2.09. The van der Waals surface area contributed by atoms with E-state index in [2.05, 4.69) is 39.4 Å². The van der Waals surface area contributed by atoms with Crippen molar-refractivity contribution in [2.75, 3.05) is 39.8 Å². The topological polar surface area (TPSA) is 61.9 Å². The Bertz CT molecular complexity index is 557. The Kier molecular flexibility index (Phi) is 8.58. The first kappa shape index (κ1) is 20.4. The number of hydrogen-bond acceptors (Lipinski definition) is 5.